The number of benzene rings is 2. The van der Waals surface area contributed by atoms with Gasteiger partial charge in [0.2, 0.25) is 5.91 Å². The Kier molecular flexibility index (Phi) is 6.62. The zero-order valence-electron chi connectivity index (χ0n) is 17.4. The Labute approximate surface area is 197 Å². The van der Waals surface area contributed by atoms with Gasteiger partial charge in [-0.25, -0.2) is 9.97 Å². The molecule has 0 radical (unpaired) electrons. The number of H-pyrrole nitrogens is 1. The molecule has 0 atom stereocenters. The minimum absolute atomic E-state index is 0.0902. The lowest BCUT2D eigenvalue weighted by Gasteiger charge is -2.04. The molecule has 0 saturated carbocycles. The third-order valence-electron chi connectivity index (χ3n) is 4.68. The van der Waals surface area contributed by atoms with Gasteiger partial charge in [0, 0.05) is 41.2 Å². The molecule has 0 saturated heterocycles. The highest BCUT2D eigenvalue weighted by Crippen LogP contribution is 2.25. The summed E-state index contributed by atoms with van der Waals surface area (Å²) in [5.74, 6) is -0.350. The predicted molar refractivity (Wildman–Crippen MR) is 128 cm³/mol. The molecule has 0 bridgehead atoms. The van der Waals surface area contributed by atoms with Crippen LogP contribution in [-0.4, -0.2) is 26.8 Å². The van der Waals surface area contributed by atoms with Crippen LogP contribution in [0.1, 0.15) is 22.8 Å². The Bertz CT molecular complexity index is 1360. The summed E-state index contributed by atoms with van der Waals surface area (Å²) < 4.78 is 0. The molecule has 2 aromatic heterocycles. The molecule has 0 aliphatic heterocycles. The van der Waals surface area contributed by atoms with Gasteiger partial charge in [0.1, 0.15) is 11.4 Å². The van der Waals surface area contributed by atoms with Crippen molar-refractivity contribution in [1.29, 1.82) is 0 Å². The van der Waals surface area contributed by atoms with E-state index in [9.17, 15) is 14.4 Å². The molecular weight excluding hydrogens is 462 g/mol. The second-order valence-electron chi connectivity index (χ2n) is 7.08. The first-order valence-corrected chi connectivity index (χ1v) is 11.1. The Morgan fingerprint density at radius 1 is 1.06 bits per heavy atom. The van der Waals surface area contributed by atoms with Crippen LogP contribution in [-0.2, 0) is 11.3 Å². The minimum Gasteiger partial charge on any atom is -0.352 e. The van der Waals surface area contributed by atoms with Crippen molar-refractivity contribution < 1.29 is 9.59 Å². The highest BCUT2D eigenvalue weighted by molar-refractivity contribution is 7.14. The number of hydrogen-bond donors (Lipinski definition) is 3. The van der Waals surface area contributed by atoms with Gasteiger partial charge in [-0.1, -0.05) is 35.9 Å². The first-order chi connectivity index (χ1) is 15.9. The van der Waals surface area contributed by atoms with Crippen molar-refractivity contribution in [1.82, 2.24) is 20.3 Å². The predicted octanol–water partition coefficient (Wildman–Crippen LogP) is 4.10. The van der Waals surface area contributed by atoms with Gasteiger partial charge >= 0.3 is 0 Å². The zero-order chi connectivity index (χ0) is 23.4. The van der Waals surface area contributed by atoms with E-state index in [1.54, 1.807) is 24.3 Å². The number of carbonyl (C=O) groups excluding carboxylic acids is 2. The van der Waals surface area contributed by atoms with Crippen LogP contribution in [0.4, 0.5) is 5.13 Å². The number of nitrogens with one attached hydrogen (secondary N) is 3. The quantitative estimate of drug-likeness (QED) is 0.385. The molecule has 4 aromatic rings. The van der Waals surface area contributed by atoms with Gasteiger partial charge in [-0.05, 0) is 29.8 Å². The highest BCUT2D eigenvalue weighted by Gasteiger charge is 2.15. The first kappa shape index (κ1) is 22.4. The van der Waals surface area contributed by atoms with Gasteiger partial charge in [0.05, 0.1) is 5.69 Å². The lowest BCUT2D eigenvalue weighted by molar-refractivity contribution is -0.119. The average Bonchev–Trinajstić information content (AvgIpc) is 3.26. The summed E-state index contributed by atoms with van der Waals surface area (Å²) in [5, 5.41) is 8.13. The third-order valence-corrected chi connectivity index (χ3v) is 5.69. The smallest absolute Gasteiger partial charge is 0.264 e. The molecule has 2 heterocycles. The zero-order valence-corrected chi connectivity index (χ0v) is 19.0. The fraction of sp³-hybridized carbons (Fsp3) is 0.0870. The van der Waals surface area contributed by atoms with Crippen molar-refractivity contribution >= 4 is 39.9 Å². The van der Waals surface area contributed by atoms with Gasteiger partial charge in [-0.3, -0.25) is 19.7 Å². The fourth-order valence-electron chi connectivity index (χ4n) is 2.96. The summed E-state index contributed by atoms with van der Waals surface area (Å²) in [7, 11) is 0. The van der Waals surface area contributed by atoms with Crippen LogP contribution >= 0.6 is 22.9 Å². The van der Waals surface area contributed by atoms with Gasteiger partial charge in [-0.15, -0.1) is 11.3 Å². The Morgan fingerprint density at radius 3 is 2.42 bits per heavy atom. The number of rotatable bonds is 6. The van der Waals surface area contributed by atoms with E-state index < -0.39 is 11.5 Å². The summed E-state index contributed by atoms with van der Waals surface area (Å²) in [5.41, 5.74) is 2.52. The molecule has 10 heteroatoms. The Hall–Kier alpha value is -3.82. The van der Waals surface area contributed by atoms with Gasteiger partial charge < -0.3 is 10.3 Å². The van der Waals surface area contributed by atoms with Crippen molar-refractivity contribution in [2.24, 2.45) is 0 Å². The largest absolute Gasteiger partial charge is 0.352 e. The second-order valence-corrected chi connectivity index (χ2v) is 8.37. The van der Waals surface area contributed by atoms with Crippen molar-refractivity contribution in [3.05, 3.63) is 86.6 Å². The molecule has 0 fully saturated rings. The number of hydrogen-bond acceptors (Lipinski definition) is 6. The number of aromatic amines is 1. The van der Waals surface area contributed by atoms with Crippen LogP contribution in [0, 0.1) is 0 Å². The average molecular weight is 480 g/mol. The summed E-state index contributed by atoms with van der Waals surface area (Å²) in [6, 6.07) is 14.4. The summed E-state index contributed by atoms with van der Waals surface area (Å²) in [6.45, 7) is 1.92. The molecule has 0 aliphatic carbocycles. The van der Waals surface area contributed by atoms with E-state index in [1.165, 1.54) is 24.5 Å². The van der Waals surface area contributed by atoms with Crippen LogP contribution in [0.25, 0.3) is 22.6 Å². The normalized spacial score (nSPS) is 10.6. The second kappa shape index (κ2) is 9.76. The number of thiazole rings is 1. The highest BCUT2D eigenvalue weighted by atomic mass is 35.5. The van der Waals surface area contributed by atoms with Crippen molar-refractivity contribution in [3.8, 4) is 22.6 Å². The molecular formula is C23H18ClN5O3S. The minimum atomic E-state index is -0.599. The van der Waals surface area contributed by atoms with Crippen LogP contribution < -0.4 is 16.2 Å². The van der Waals surface area contributed by atoms with E-state index in [0.29, 0.717) is 33.8 Å². The molecule has 2 amide bonds. The maximum Gasteiger partial charge on any atom is 0.264 e. The number of nitrogens with zero attached hydrogens (tertiary/aromatic N) is 2. The summed E-state index contributed by atoms with van der Waals surface area (Å²) in [6.07, 6.45) is 1.24. The van der Waals surface area contributed by atoms with Crippen LogP contribution in [0.2, 0.25) is 5.02 Å². The number of halogens is 1. The standard InChI is InChI=1S/C23H18ClN5O3S/c1-13(30)25-10-14-2-4-15(5-3-14)19-12-33-23(27-19)29-22(32)18-11-26-20(28-21(18)31)16-6-8-17(24)9-7-16/h2-9,11-12H,10H2,1H3,(H,25,30)(H,26,28,31)(H,27,29,32). The SMILES string of the molecule is CC(=O)NCc1ccc(-c2csc(NC(=O)c3cnc(-c4ccc(Cl)cc4)[nH]c3=O)n2)cc1. The Balaban J connectivity index is 1.45. The molecule has 0 unspecified atom stereocenters. The molecule has 33 heavy (non-hydrogen) atoms. The third kappa shape index (κ3) is 5.51. The number of aromatic nitrogens is 3. The molecule has 2 aromatic carbocycles. The van der Waals surface area contributed by atoms with E-state index in [0.717, 1.165) is 11.1 Å². The van der Waals surface area contributed by atoms with Gasteiger partial charge in [0.15, 0.2) is 5.13 Å². The molecule has 4 rings (SSSR count). The van der Waals surface area contributed by atoms with E-state index >= 15 is 0 Å². The number of amides is 2. The van der Waals surface area contributed by atoms with Crippen LogP contribution in [0.3, 0.4) is 0 Å². The van der Waals surface area contributed by atoms with Crippen molar-refractivity contribution in [2.45, 2.75) is 13.5 Å². The van der Waals surface area contributed by atoms with Gasteiger partial charge in [0.25, 0.3) is 11.5 Å². The first-order valence-electron chi connectivity index (χ1n) is 9.85. The maximum atomic E-state index is 12.6. The molecule has 8 nitrogen and oxygen atoms in total. The van der Waals surface area contributed by atoms with Gasteiger partial charge in [-0.2, -0.15) is 0 Å². The maximum absolute atomic E-state index is 12.6. The summed E-state index contributed by atoms with van der Waals surface area (Å²) in [4.78, 5) is 47.3. The Morgan fingerprint density at radius 2 is 1.76 bits per heavy atom. The molecule has 166 valence electrons. The molecule has 0 spiro atoms. The van der Waals surface area contributed by atoms with E-state index in [4.69, 9.17) is 11.6 Å². The molecule has 3 N–H and O–H groups in total. The fourth-order valence-corrected chi connectivity index (χ4v) is 3.80. The van der Waals surface area contributed by atoms with E-state index in [-0.39, 0.29) is 11.5 Å². The lowest BCUT2D eigenvalue weighted by atomic mass is 10.1. The number of carbonyl (C=O) groups is 2. The topological polar surface area (TPSA) is 117 Å². The van der Waals surface area contributed by atoms with Crippen molar-refractivity contribution in [3.63, 3.8) is 0 Å². The number of anilines is 1. The lowest BCUT2D eigenvalue weighted by Crippen LogP contribution is -2.24. The molecule has 0 aliphatic rings. The van der Waals surface area contributed by atoms with Crippen molar-refractivity contribution in [2.75, 3.05) is 5.32 Å². The summed E-state index contributed by atoms with van der Waals surface area (Å²) >= 11 is 7.13. The van der Waals surface area contributed by atoms with E-state index in [1.807, 2.05) is 29.6 Å². The van der Waals surface area contributed by atoms with E-state index in [2.05, 4.69) is 25.6 Å². The van der Waals surface area contributed by atoms with Crippen LogP contribution in [0.15, 0.2) is 64.9 Å². The monoisotopic (exact) mass is 479 g/mol. The van der Waals surface area contributed by atoms with Crippen LogP contribution in [0.5, 0.6) is 0 Å².